The SMILES string of the molecule is O=C(CCc1nc(CS(=O)(=O)c2ccccc2)no1)NCCCN1CCCC1. The van der Waals surface area contributed by atoms with Gasteiger partial charge in [0.05, 0.1) is 4.90 Å². The van der Waals surface area contributed by atoms with E-state index in [-0.39, 0.29) is 41.1 Å². The zero-order valence-electron chi connectivity index (χ0n) is 15.8. The molecule has 1 amide bonds. The molecule has 0 aliphatic carbocycles. The topological polar surface area (TPSA) is 105 Å². The van der Waals surface area contributed by atoms with Crippen LogP contribution in [0.15, 0.2) is 39.8 Å². The highest BCUT2D eigenvalue weighted by atomic mass is 32.2. The molecule has 9 heteroatoms. The van der Waals surface area contributed by atoms with Gasteiger partial charge in [-0.1, -0.05) is 23.4 Å². The summed E-state index contributed by atoms with van der Waals surface area (Å²) < 4.78 is 29.7. The molecule has 1 aromatic carbocycles. The van der Waals surface area contributed by atoms with E-state index in [4.69, 9.17) is 4.52 Å². The number of hydrogen-bond donors (Lipinski definition) is 1. The van der Waals surface area contributed by atoms with E-state index in [1.165, 1.54) is 25.0 Å². The molecule has 0 radical (unpaired) electrons. The second kappa shape index (κ2) is 9.79. The second-order valence-electron chi connectivity index (χ2n) is 6.93. The molecule has 1 saturated heterocycles. The molecule has 28 heavy (non-hydrogen) atoms. The van der Waals surface area contributed by atoms with Crippen molar-refractivity contribution in [1.29, 1.82) is 0 Å². The van der Waals surface area contributed by atoms with Crippen molar-refractivity contribution in [2.75, 3.05) is 26.2 Å². The third-order valence-corrected chi connectivity index (χ3v) is 6.30. The van der Waals surface area contributed by atoms with Crippen molar-refractivity contribution in [3.63, 3.8) is 0 Å². The van der Waals surface area contributed by atoms with Crippen LogP contribution >= 0.6 is 0 Å². The van der Waals surface area contributed by atoms with Crippen LogP contribution in [0.5, 0.6) is 0 Å². The van der Waals surface area contributed by atoms with E-state index < -0.39 is 9.84 Å². The molecule has 1 aromatic heterocycles. The summed E-state index contributed by atoms with van der Waals surface area (Å²) in [4.78, 5) is 18.7. The van der Waals surface area contributed by atoms with Crippen LogP contribution in [-0.4, -0.2) is 55.5 Å². The number of nitrogens with zero attached hydrogens (tertiary/aromatic N) is 3. The van der Waals surface area contributed by atoms with Crippen LogP contribution in [-0.2, 0) is 26.8 Å². The molecule has 1 aliphatic heterocycles. The van der Waals surface area contributed by atoms with Gasteiger partial charge in [-0.05, 0) is 51.0 Å². The van der Waals surface area contributed by atoms with Gasteiger partial charge in [-0.2, -0.15) is 4.98 Å². The quantitative estimate of drug-likeness (QED) is 0.597. The summed E-state index contributed by atoms with van der Waals surface area (Å²) in [7, 11) is -3.52. The Kier molecular flexibility index (Phi) is 7.16. The summed E-state index contributed by atoms with van der Waals surface area (Å²) in [5.74, 6) is -0.0307. The third kappa shape index (κ3) is 6.13. The highest BCUT2D eigenvalue weighted by Gasteiger charge is 2.19. The van der Waals surface area contributed by atoms with Crippen LogP contribution in [0.4, 0.5) is 0 Å². The Morgan fingerprint density at radius 1 is 1.18 bits per heavy atom. The lowest BCUT2D eigenvalue weighted by molar-refractivity contribution is -0.121. The maximum Gasteiger partial charge on any atom is 0.227 e. The van der Waals surface area contributed by atoms with Gasteiger partial charge in [-0.15, -0.1) is 0 Å². The first-order valence-electron chi connectivity index (χ1n) is 9.61. The van der Waals surface area contributed by atoms with Crippen LogP contribution in [0.25, 0.3) is 0 Å². The molecule has 0 bridgehead atoms. The van der Waals surface area contributed by atoms with Crippen LogP contribution in [0.1, 0.15) is 37.4 Å². The lowest BCUT2D eigenvalue weighted by atomic mass is 10.3. The third-order valence-electron chi connectivity index (χ3n) is 4.67. The van der Waals surface area contributed by atoms with Crippen molar-refractivity contribution in [3.05, 3.63) is 42.0 Å². The van der Waals surface area contributed by atoms with Crippen LogP contribution in [0, 0.1) is 0 Å². The zero-order valence-corrected chi connectivity index (χ0v) is 16.7. The van der Waals surface area contributed by atoms with Gasteiger partial charge in [0.1, 0.15) is 5.75 Å². The van der Waals surface area contributed by atoms with Crippen LogP contribution in [0.3, 0.4) is 0 Å². The highest BCUT2D eigenvalue weighted by molar-refractivity contribution is 7.90. The van der Waals surface area contributed by atoms with Gasteiger partial charge in [0.2, 0.25) is 11.8 Å². The molecule has 2 heterocycles. The van der Waals surface area contributed by atoms with Gasteiger partial charge < -0.3 is 14.7 Å². The number of amides is 1. The van der Waals surface area contributed by atoms with Gasteiger partial charge in [0, 0.05) is 19.4 Å². The molecule has 0 atom stereocenters. The molecule has 2 aromatic rings. The monoisotopic (exact) mass is 406 g/mol. The van der Waals surface area contributed by atoms with Crippen molar-refractivity contribution in [2.24, 2.45) is 0 Å². The van der Waals surface area contributed by atoms with Gasteiger partial charge in [0.15, 0.2) is 15.7 Å². The van der Waals surface area contributed by atoms with E-state index in [0.717, 1.165) is 26.1 Å². The van der Waals surface area contributed by atoms with E-state index in [9.17, 15) is 13.2 Å². The predicted molar refractivity (Wildman–Crippen MR) is 103 cm³/mol. The Morgan fingerprint density at radius 2 is 1.93 bits per heavy atom. The van der Waals surface area contributed by atoms with Crippen LogP contribution < -0.4 is 5.32 Å². The lowest BCUT2D eigenvalue weighted by Crippen LogP contribution is -2.28. The number of likely N-dealkylation sites (tertiary alicyclic amines) is 1. The number of hydrogen-bond acceptors (Lipinski definition) is 7. The van der Waals surface area contributed by atoms with Gasteiger partial charge in [0.25, 0.3) is 0 Å². The average molecular weight is 407 g/mol. The fourth-order valence-corrected chi connectivity index (χ4v) is 4.37. The Morgan fingerprint density at radius 3 is 2.68 bits per heavy atom. The molecule has 0 saturated carbocycles. The summed E-state index contributed by atoms with van der Waals surface area (Å²) in [6.45, 7) is 3.99. The summed E-state index contributed by atoms with van der Waals surface area (Å²) in [6.07, 6.45) is 4.00. The number of benzene rings is 1. The van der Waals surface area contributed by atoms with E-state index in [0.29, 0.717) is 6.54 Å². The van der Waals surface area contributed by atoms with Crippen molar-refractivity contribution >= 4 is 15.7 Å². The lowest BCUT2D eigenvalue weighted by Gasteiger charge is -2.14. The molecule has 0 unspecified atom stereocenters. The maximum atomic E-state index is 12.3. The minimum atomic E-state index is -3.52. The number of rotatable bonds is 10. The van der Waals surface area contributed by atoms with Crippen molar-refractivity contribution in [2.45, 2.75) is 42.8 Å². The van der Waals surface area contributed by atoms with Crippen molar-refractivity contribution in [3.8, 4) is 0 Å². The molecule has 1 aliphatic rings. The van der Waals surface area contributed by atoms with E-state index in [2.05, 4.69) is 20.4 Å². The first-order valence-corrected chi connectivity index (χ1v) is 11.3. The minimum Gasteiger partial charge on any atom is -0.356 e. The number of aryl methyl sites for hydroxylation is 1. The van der Waals surface area contributed by atoms with E-state index in [1.54, 1.807) is 18.2 Å². The van der Waals surface area contributed by atoms with E-state index in [1.807, 2.05) is 0 Å². The number of sulfone groups is 1. The first-order chi connectivity index (χ1) is 13.5. The fraction of sp³-hybridized carbons (Fsp3) is 0.526. The average Bonchev–Trinajstić information content (AvgIpc) is 3.36. The summed E-state index contributed by atoms with van der Waals surface area (Å²) in [5, 5.41) is 6.61. The standard InChI is InChI=1S/C19H26N4O4S/c24-18(20-11-6-14-23-12-4-5-13-23)9-10-19-21-17(22-27-19)15-28(25,26)16-7-2-1-3-8-16/h1-3,7-8H,4-6,9-15H2,(H,20,24). The molecule has 3 rings (SSSR count). The Bertz CT molecular complexity index is 861. The summed E-state index contributed by atoms with van der Waals surface area (Å²) >= 11 is 0. The second-order valence-corrected chi connectivity index (χ2v) is 8.92. The molecule has 1 fully saturated rings. The van der Waals surface area contributed by atoms with Crippen LogP contribution in [0.2, 0.25) is 0 Å². The molecule has 8 nitrogen and oxygen atoms in total. The normalized spacial score (nSPS) is 15.0. The molecule has 1 N–H and O–H groups in total. The van der Waals surface area contributed by atoms with Gasteiger partial charge in [-0.25, -0.2) is 8.42 Å². The maximum absolute atomic E-state index is 12.3. The number of carbonyl (C=O) groups is 1. The Hall–Kier alpha value is -2.26. The number of nitrogens with one attached hydrogen (secondary N) is 1. The molecular formula is C19H26N4O4S. The molecule has 152 valence electrons. The van der Waals surface area contributed by atoms with Gasteiger partial charge >= 0.3 is 0 Å². The zero-order chi connectivity index (χ0) is 19.8. The van der Waals surface area contributed by atoms with Gasteiger partial charge in [-0.3, -0.25) is 4.79 Å². The Balaban J connectivity index is 1.39. The van der Waals surface area contributed by atoms with Crippen molar-refractivity contribution < 1.29 is 17.7 Å². The smallest absolute Gasteiger partial charge is 0.227 e. The predicted octanol–water partition coefficient (Wildman–Crippen LogP) is 1.58. The molecule has 0 spiro atoms. The fourth-order valence-electron chi connectivity index (χ4n) is 3.18. The largest absolute Gasteiger partial charge is 0.356 e. The Labute approximate surface area is 165 Å². The minimum absolute atomic E-state index is 0.0712. The number of aromatic nitrogens is 2. The number of carbonyl (C=O) groups excluding carboxylic acids is 1. The highest BCUT2D eigenvalue weighted by Crippen LogP contribution is 2.14. The summed E-state index contributed by atoms with van der Waals surface area (Å²) in [6, 6.07) is 8.15. The first kappa shape index (κ1) is 20.5. The van der Waals surface area contributed by atoms with E-state index >= 15 is 0 Å². The summed E-state index contributed by atoms with van der Waals surface area (Å²) in [5.41, 5.74) is 0. The molecular weight excluding hydrogens is 380 g/mol. The van der Waals surface area contributed by atoms with Crippen molar-refractivity contribution in [1.82, 2.24) is 20.4 Å².